The molecule has 4 nitrogen and oxygen atoms in total. The van der Waals surface area contributed by atoms with E-state index in [1.54, 1.807) is 16.5 Å². The predicted octanol–water partition coefficient (Wildman–Crippen LogP) is 1.88. The molecule has 1 aliphatic rings. The van der Waals surface area contributed by atoms with Crippen LogP contribution in [0, 0.1) is 11.8 Å². The molecule has 0 bridgehead atoms. The zero-order valence-electron chi connectivity index (χ0n) is 11.4. The molecule has 0 aromatic heterocycles. The number of hydrogen-bond acceptors (Lipinski definition) is 2. The highest BCUT2D eigenvalue weighted by molar-refractivity contribution is 7.86. The third-order valence-corrected chi connectivity index (χ3v) is 5.05. The zero-order valence-corrected chi connectivity index (χ0v) is 12.2. The Bertz CT molecular complexity index is 372. The van der Waals surface area contributed by atoms with Crippen molar-refractivity contribution in [2.45, 2.75) is 20.3 Å². The molecular weight excluding hydrogens is 248 g/mol. The maximum absolute atomic E-state index is 12.5. The number of hydrogen-bond donors (Lipinski definition) is 0. The average molecular weight is 272 g/mol. The van der Waals surface area contributed by atoms with Gasteiger partial charge in [-0.25, -0.2) is 0 Å². The van der Waals surface area contributed by atoms with Crippen LogP contribution in [0.2, 0.25) is 0 Å². The third-order valence-electron chi connectivity index (χ3n) is 3.15. The van der Waals surface area contributed by atoms with Crippen LogP contribution in [0.5, 0.6) is 0 Å². The molecular formula is C13H24N2O2S. The van der Waals surface area contributed by atoms with Gasteiger partial charge in [0, 0.05) is 26.2 Å². The van der Waals surface area contributed by atoms with Crippen molar-refractivity contribution in [1.82, 2.24) is 8.61 Å². The van der Waals surface area contributed by atoms with Crippen LogP contribution in [-0.4, -0.2) is 43.2 Å². The summed E-state index contributed by atoms with van der Waals surface area (Å²) in [5.74, 6) is 0.829. The van der Waals surface area contributed by atoms with Gasteiger partial charge in [-0.15, -0.1) is 13.2 Å². The highest BCUT2D eigenvalue weighted by Crippen LogP contribution is 2.24. The van der Waals surface area contributed by atoms with Crippen molar-refractivity contribution in [3.8, 4) is 0 Å². The first-order valence-electron chi connectivity index (χ1n) is 6.38. The minimum atomic E-state index is -3.39. The first-order chi connectivity index (χ1) is 8.41. The highest BCUT2D eigenvalue weighted by Gasteiger charge is 2.33. The van der Waals surface area contributed by atoms with Crippen molar-refractivity contribution < 1.29 is 8.42 Å². The van der Waals surface area contributed by atoms with Gasteiger partial charge in [0.25, 0.3) is 10.2 Å². The Morgan fingerprint density at radius 2 is 1.61 bits per heavy atom. The second-order valence-corrected chi connectivity index (χ2v) is 7.09. The minimum absolute atomic E-state index is 0.327. The molecule has 1 rings (SSSR count). The van der Waals surface area contributed by atoms with Crippen molar-refractivity contribution in [3.05, 3.63) is 25.3 Å². The molecule has 0 unspecified atom stereocenters. The Kier molecular flexibility index (Phi) is 5.56. The van der Waals surface area contributed by atoms with Gasteiger partial charge in [-0.3, -0.25) is 0 Å². The van der Waals surface area contributed by atoms with Crippen LogP contribution in [0.4, 0.5) is 0 Å². The Morgan fingerprint density at radius 3 is 2.00 bits per heavy atom. The smallest absolute Gasteiger partial charge is 0.195 e. The largest absolute Gasteiger partial charge is 0.282 e. The standard InChI is InChI=1S/C13H24N2O2S/c1-5-7-14(8-6-2)18(16,17)15-10-12(3)9-13(4)11-15/h5-6,12-13H,1-2,7-11H2,3-4H3/t12-,13+. The summed E-state index contributed by atoms with van der Waals surface area (Å²) >= 11 is 0. The summed E-state index contributed by atoms with van der Waals surface area (Å²) in [5.41, 5.74) is 0. The maximum Gasteiger partial charge on any atom is 0.282 e. The van der Waals surface area contributed by atoms with E-state index in [9.17, 15) is 8.42 Å². The summed E-state index contributed by atoms with van der Waals surface area (Å²) in [6.07, 6.45) is 4.31. The van der Waals surface area contributed by atoms with Crippen molar-refractivity contribution in [1.29, 1.82) is 0 Å². The topological polar surface area (TPSA) is 40.6 Å². The Balaban J connectivity index is 2.88. The maximum atomic E-state index is 12.5. The van der Waals surface area contributed by atoms with E-state index in [1.807, 2.05) is 0 Å². The molecule has 0 saturated carbocycles. The molecule has 1 fully saturated rings. The fraction of sp³-hybridized carbons (Fsp3) is 0.692. The summed E-state index contributed by atoms with van der Waals surface area (Å²) in [5, 5.41) is 0. The predicted molar refractivity (Wildman–Crippen MR) is 75.4 cm³/mol. The summed E-state index contributed by atoms with van der Waals surface area (Å²) in [7, 11) is -3.39. The van der Waals surface area contributed by atoms with E-state index < -0.39 is 10.2 Å². The van der Waals surface area contributed by atoms with Crippen LogP contribution < -0.4 is 0 Å². The van der Waals surface area contributed by atoms with Crippen LogP contribution in [0.25, 0.3) is 0 Å². The Morgan fingerprint density at radius 1 is 1.17 bits per heavy atom. The SMILES string of the molecule is C=CCN(CC=C)S(=O)(=O)N1C[C@H](C)C[C@H](C)C1. The minimum Gasteiger partial charge on any atom is -0.195 e. The van der Waals surface area contributed by atoms with Gasteiger partial charge in [-0.05, 0) is 18.3 Å². The van der Waals surface area contributed by atoms with Crippen LogP contribution >= 0.6 is 0 Å². The van der Waals surface area contributed by atoms with Crippen LogP contribution in [0.15, 0.2) is 25.3 Å². The van der Waals surface area contributed by atoms with Crippen LogP contribution in [-0.2, 0) is 10.2 Å². The first kappa shape index (κ1) is 15.4. The van der Waals surface area contributed by atoms with Gasteiger partial charge in [-0.1, -0.05) is 26.0 Å². The third kappa shape index (κ3) is 3.67. The fourth-order valence-corrected chi connectivity index (χ4v) is 4.31. The van der Waals surface area contributed by atoms with Gasteiger partial charge in [0.05, 0.1) is 0 Å². The van der Waals surface area contributed by atoms with Gasteiger partial charge in [-0.2, -0.15) is 17.0 Å². The van der Waals surface area contributed by atoms with Gasteiger partial charge < -0.3 is 0 Å². The molecule has 1 heterocycles. The van der Waals surface area contributed by atoms with Crippen molar-refractivity contribution in [2.75, 3.05) is 26.2 Å². The molecule has 104 valence electrons. The lowest BCUT2D eigenvalue weighted by molar-refractivity contribution is 0.211. The van der Waals surface area contributed by atoms with E-state index in [0.29, 0.717) is 38.0 Å². The zero-order chi connectivity index (χ0) is 13.8. The molecule has 1 saturated heterocycles. The molecule has 0 radical (unpaired) electrons. The van der Waals surface area contributed by atoms with Crippen LogP contribution in [0.3, 0.4) is 0 Å². The summed E-state index contributed by atoms with van der Waals surface area (Å²) in [4.78, 5) is 0. The average Bonchev–Trinajstić information content (AvgIpc) is 2.27. The summed E-state index contributed by atoms with van der Waals surface area (Å²) in [6.45, 7) is 13.3. The van der Waals surface area contributed by atoms with E-state index >= 15 is 0 Å². The summed E-state index contributed by atoms with van der Waals surface area (Å²) < 4.78 is 28.0. The van der Waals surface area contributed by atoms with Crippen LogP contribution in [0.1, 0.15) is 20.3 Å². The number of nitrogens with zero attached hydrogens (tertiary/aromatic N) is 2. The number of piperidine rings is 1. The lowest BCUT2D eigenvalue weighted by Gasteiger charge is -2.36. The monoisotopic (exact) mass is 272 g/mol. The van der Waals surface area contributed by atoms with E-state index in [0.717, 1.165) is 6.42 Å². The quantitative estimate of drug-likeness (QED) is 0.693. The molecule has 0 aromatic rings. The number of rotatable bonds is 6. The molecule has 0 aromatic carbocycles. The molecule has 0 N–H and O–H groups in total. The van der Waals surface area contributed by atoms with Gasteiger partial charge in [0.15, 0.2) is 0 Å². The molecule has 5 heteroatoms. The molecule has 18 heavy (non-hydrogen) atoms. The van der Waals surface area contributed by atoms with Crippen molar-refractivity contribution in [3.63, 3.8) is 0 Å². The highest BCUT2D eigenvalue weighted by atomic mass is 32.2. The molecule has 2 atom stereocenters. The molecule has 0 aliphatic carbocycles. The van der Waals surface area contributed by atoms with Gasteiger partial charge >= 0.3 is 0 Å². The second-order valence-electron chi connectivity index (χ2n) is 5.17. The van der Waals surface area contributed by atoms with E-state index in [4.69, 9.17) is 0 Å². The van der Waals surface area contributed by atoms with Crippen molar-refractivity contribution >= 4 is 10.2 Å². The van der Waals surface area contributed by atoms with Gasteiger partial charge in [0.2, 0.25) is 0 Å². The van der Waals surface area contributed by atoms with E-state index in [2.05, 4.69) is 27.0 Å². The van der Waals surface area contributed by atoms with E-state index in [-0.39, 0.29) is 0 Å². The molecule has 0 amide bonds. The van der Waals surface area contributed by atoms with E-state index in [1.165, 1.54) is 4.31 Å². The lowest BCUT2D eigenvalue weighted by Crippen LogP contribution is -2.49. The normalized spacial score (nSPS) is 26.2. The second kappa shape index (κ2) is 6.50. The summed E-state index contributed by atoms with van der Waals surface area (Å²) in [6, 6.07) is 0. The molecule has 0 spiro atoms. The first-order valence-corrected chi connectivity index (χ1v) is 7.78. The Labute approximate surface area is 111 Å². The Hall–Kier alpha value is -0.650. The molecule has 1 aliphatic heterocycles. The fourth-order valence-electron chi connectivity index (χ4n) is 2.51. The van der Waals surface area contributed by atoms with Gasteiger partial charge in [0.1, 0.15) is 0 Å². The van der Waals surface area contributed by atoms with Crippen molar-refractivity contribution in [2.24, 2.45) is 11.8 Å². The lowest BCUT2D eigenvalue weighted by atomic mass is 9.94.